The Bertz CT molecular complexity index is 1360. The summed E-state index contributed by atoms with van der Waals surface area (Å²) in [5, 5.41) is 7.35. The highest BCUT2D eigenvalue weighted by atomic mass is 16.6. The Hall–Kier alpha value is -4.40. The molecule has 1 saturated heterocycles. The second-order valence-electron chi connectivity index (χ2n) is 7.89. The first-order valence-electron chi connectivity index (χ1n) is 10.8. The minimum Gasteiger partial charge on any atom is -0.464 e. The molecule has 2 aromatic rings. The lowest BCUT2D eigenvalue weighted by molar-refractivity contribution is -0.155. The molecule has 0 spiro atoms. The molecule has 15 nitrogen and oxygen atoms in total. The van der Waals surface area contributed by atoms with E-state index in [0.717, 1.165) is 35.6 Å². The van der Waals surface area contributed by atoms with E-state index in [0.29, 0.717) is 0 Å². The number of nitrogens with zero attached hydrogens (tertiary/aromatic N) is 4. The van der Waals surface area contributed by atoms with Gasteiger partial charge in [-0.1, -0.05) is 0 Å². The Labute approximate surface area is 208 Å². The molecular weight excluding hydrogens is 496 g/mol. The summed E-state index contributed by atoms with van der Waals surface area (Å²) in [5.41, 5.74) is -2.67. The predicted octanol–water partition coefficient (Wildman–Crippen LogP) is -0.640. The van der Waals surface area contributed by atoms with Crippen LogP contribution in [0.2, 0.25) is 0 Å². The number of hydrogen-bond acceptors (Lipinski definition) is 13. The third-order valence-electron chi connectivity index (χ3n) is 5.43. The Morgan fingerprint density at radius 1 is 1.03 bits per heavy atom. The van der Waals surface area contributed by atoms with Crippen LogP contribution in [0.5, 0.6) is 0 Å². The first-order valence-corrected chi connectivity index (χ1v) is 10.8. The first kappa shape index (κ1) is 27.2. The van der Waals surface area contributed by atoms with E-state index in [1.165, 1.54) is 20.9 Å². The number of carbonyl (C=O) groups is 4. The van der Waals surface area contributed by atoms with Gasteiger partial charge in [-0.2, -0.15) is 0 Å². The van der Waals surface area contributed by atoms with Crippen molar-refractivity contribution in [2.24, 2.45) is 7.05 Å². The first-order chi connectivity index (χ1) is 17.5. The number of aromatic nitrogens is 4. The fraction of sp³-hybridized carbons (Fsp3) is 0.455. The summed E-state index contributed by atoms with van der Waals surface area (Å²) in [6, 6.07) is 1.11. The monoisotopic (exact) mass is 520 g/mol. The predicted molar refractivity (Wildman–Crippen MR) is 120 cm³/mol. The number of methoxy groups -OCH3 is 2. The van der Waals surface area contributed by atoms with E-state index in [1.54, 1.807) is 0 Å². The highest BCUT2D eigenvalue weighted by molar-refractivity contribution is 5.97. The summed E-state index contributed by atoms with van der Waals surface area (Å²) < 4.78 is 27.3. The number of hydrogen-bond donors (Lipinski definition) is 0. The van der Waals surface area contributed by atoms with Crippen molar-refractivity contribution in [3.63, 3.8) is 0 Å². The summed E-state index contributed by atoms with van der Waals surface area (Å²) in [6.07, 6.45) is -1.72. The van der Waals surface area contributed by atoms with Gasteiger partial charge in [-0.25, -0.2) is 14.4 Å². The molecule has 0 N–H and O–H groups in total. The molecule has 3 rings (SSSR count). The molecule has 2 aromatic heterocycles. The molecule has 198 valence electrons. The van der Waals surface area contributed by atoms with Gasteiger partial charge in [0.05, 0.1) is 19.8 Å². The second-order valence-corrected chi connectivity index (χ2v) is 7.89. The van der Waals surface area contributed by atoms with Crippen molar-refractivity contribution in [2.45, 2.75) is 38.7 Å². The number of ether oxygens (including phenoxy) is 5. The Morgan fingerprint density at radius 2 is 1.70 bits per heavy atom. The van der Waals surface area contributed by atoms with Gasteiger partial charge in [0.1, 0.15) is 25.0 Å². The van der Waals surface area contributed by atoms with Crippen molar-refractivity contribution in [1.82, 2.24) is 19.3 Å². The molecule has 0 unspecified atom stereocenters. The smallest absolute Gasteiger partial charge is 0.359 e. The minimum absolute atomic E-state index is 0.0189. The molecule has 0 bridgehead atoms. The van der Waals surface area contributed by atoms with E-state index in [4.69, 9.17) is 18.9 Å². The van der Waals surface area contributed by atoms with Crippen molar-refractivity contribution < 1.29 is 42.9 Å². The topological polar surface area (TPSA) is 184 Å². The summed E-state index contributed by atoms with van der Waals surface area (Å²) in [5.74, 6) is -3.03. The van der Waals surface area contributed by atoms with Crippen molar-refractivity contribution in [3.8, 4) is 11.1 Å². The van der Waals surface area contributed by atoms with Crippen LogP contribution in [-0.4, -0.2) is 76.2 Å². The van der Waals surface area contributed by atoms with Crippen LogP contribution < -0.4 is 11.2 Å². The van der Waals surface area contributed by atoms with Crippen LogP contribution >= 0.6 is 0 Å². The average molecular weight is 520 g/mol. The SMILES string of the molecule is COC(=O)c1cc(-c2cn([C@H]3C[C@H](OC(C)=O)[C@@H](COC(C)=O)O3)c(=O)n(C)c2=O)c(C(=O)OC)nn1. The molecule has 0 aromatic carbocycles. The van der Waals surface area contributed by atoms with E-state index in [1.807, 2.05) is 0 Å². The maximum absolute atomic E-state index is 13.1. The quantitative estimate of drug-likeness (QED) is 0.332. The van der Waals surface area contributed by atoms with E-state index >= 15 is 0 Å². The minimum atomic E-state index is -1.06. The lowest BCUT2D eigenvalue weighted by atomic mass is 10.1. The Morgan fingerprint density at radius 3 is 2.30 bits per heavy atom. The summed E-state index contributed by atoms with van der Waals surface area (Å²) in [7, 11) is 3.40. The van der Waals surface area contributed by atoms with Gasteiger partial charge in [0.25, 0.3) is 5.56 Å². The molecule has 1 aliphatic rings. The lowest BCUT2D eigenvalue weighted by Crippen LogP contribution is -2.40. The fourth-order valence-corrected chi connectivity index (χ4v) is 3.69. The molecule has 0 amide bonds. The molecule has 3 atom stereocenters. The van der Waals surface area contributed by atoms with Crippen LogP contribution in [0.1, 0.15) is 47.5 Å². The summed E-state index contributed by atoms with van der Waals surface area (Å²) >= 11 is 0. The second kappa shape index (κ2) is 11.1. The lowest BCUT2D eigenvalue weighted by Gasteiger charge is -2.18. The van der Waals surface area contributed by atoms with Gasteiger partial charge in [-0.15, -0.1) is 10.2 Å². The third kappa shape index (κ3) is 5.72. The zero-order valence-corrected chi connectivity index (χ0v) is 20.6. The van der Waals surface area contributed by atoms with Gasteiger partial charge in [0, 0.05) is 39.1 Å². The molecular formula is C22H24N4O11. The van der Waals surface area contributed by atoms with Crippen LogP contribution in [-0.2, 0) is 40.3 Å². The van der Waals surface area contributed by atoms with Crippen LogP contribution in [0, 0.1) is 0 Å². The van der Waals surface area contributed by atoms with Crippen LogP contribution in [0.25, 0.3) is 11.1 Å². The molecule has 15 heteroatoms. The van der Waals surface area contributed by atoms with Crippen molar-refractivity contribution in [2.75, 3.05) is 20.8 Å². The highest BCUT2D eigenvalue weighted by Gasteiger charge is 2.40. The van der Waals surface area contributed by atoms with Gasteiger partial charge < -0.3 is 23.7 Å². The zero-order valence-electron chi connectivity index (χ0n) is 20.6. The fourth-order valence-electron chi connectivity index (χ4n) is 3.69. The van der Waals surface area contributed by atoms with Crippen LogP contribution in [0.15, 0.2) is 21.9 Å². The van der Waals surface area contributed by atoms with Crippen molar-refractivity contribution >= 4 is 23.9 Å². The van der Waals surface area contributed by atoms with E-state index in [-0.39, 0.29) is 29.8 Å². The van der Waals surface area contributed by atoms with Crippen LogP contribution in [0.4, 0.5) is 0 Å². The molecule has 0 aliphatic carbocycles. The van der Waals surface area contributed by atoms with E-state index in [9.17, 15) is 28.8 Å². The number of rotatable bonds is 7. The van der Waals surface area contributed by atoms with Gasteiger partial charge >= 0.3 is 29.6 Å². The molecule has 3 heterocycles. The van der Waals surface area contributed by atoms with Gasteiger partial charge in [-0.05, 0) is 6.07 Å². The van der Waals surface area contributed by atoms with Crippen molar-refractivity contribution in [3.05, 3.63) is 44.5 Å². The molecule has 37 heavy (non-hydrogen) atoms. The molecule has 1 aliphatic heterocycles. The third-order valence-corrected chi connectivity index (χ3v) is 5.43. The zero-order chi connectivity index (χ0) is 27.4. The molecule has 0 saturated carbocycles. The Balaban J connectivity index is 2.15. The standard InChI is InChI=1S/C22H24N4O11/c1-10(27)35-9-16-15(36-11(2)28)7-17(37-16)26-8-13(19(29)25(3)22(26)32)12-6-14(20(30)33-4)23-24-18(12)21(31)34-5/h6,8,15-17H,7,9H2,1-5H3/t15-,16+,17+/m0/s1. The maximum atomic E-state index is 13.1. The normalized spacial score (nSPS) is 18.7. The summed E-state index contributed by atoms with van der Waals surface area (Å²) in [6.45, 7) is 2.14. The highest BCUT2D eigenvalue weighted by Crippen LogP contribution is 2.31. The number of carbonyl (C=O) groups excluding carboxylic acids is 4. The average Bonchev–Trinajstić information content (AvgIpc) is 3.26. The van der Waals surface area contributed by atoms with E-state index in [2.05, 4.69) is 14.9 Å². The largest absolute Gasteiger partial charge is 0.464 e. The maximum Gasteiger partial charge on any atom is 0.359 e. The van der Waals surface area contributed by atoms with Crippen LogP contribution in [0.3, 0.4) is 0 Å². The van der Waals surface area contributed by atoms with Gasteiger partial charge in [0.15, 0.2) is 11.4 Å². The van der Waals surface area contributed by atoms with Gasteiger partial charge in [0.2, 0.25) is 0 Å². The van der Waals surface area contributed by atoms with Gasteiger partial charge in [-0.3, -0.25) is 23.5 Å². The number of esters is 4. The van der Waals surface area contributed by atoms with E-state index < -0.39 is 59.3 Å². The van der Waals surface area contributed by atoms with Crippen molar-refractivity contribution in [1.29, 1.82) is 0 Å². The molecule has 1 fully saturated rings. The molecule has 0 radical (unpaired) electrons. The summed E-state index contributed by atoms with van der Waals surface area (Å²) in [4.78, 5) is 73.3. The Kier molecular flexibility index (Phi) is 8.17.